The maximum absolute atomic E-state index is 12.3. The van der Waals surface area contributed by atoms with Gasteiger partial charge in [-0.2, -0.15) is 0 Å². The topological polar surface area (TPSA) is 81.4 Å². The van der Waals surface area contributed by atoms with Crippen LogP contribution in [-0.2, 0) is 10.0 Å². The lowest BCUT2D eigenvalue weighted by Crippen LogP contribution is -2.22. The fourth-order valence-electron chi connectivity index (χ4n) is 1.28. The fourth-order valence-corrected chi connectivity index (χ4v) is 2.77. The number of ether oxygens (including phenoxy) is 1. The molecule has 0 aliphatic carbocycles. The number of alkyl halides is 3. The maximum Gasteiger partial charge on any atom is 0.573 e. The molecule has 0 aromatic heterocycles. The Hall–Kier alpha value is -1.00. The van der Waals surface area contributed by atoms with Gasteiger partial charge in [0.15, 0.2) is 5.75 Å². The summed E-state index contributed by atoms with van der Waals surface area (Å²) in [6.07, 6.45) is -4.72. The second-order valence-electron chi connectivity index (χ2n) is 3.75. The molecule has 0 spiro atoms. The van der Waals surface area contributed by atoms with Gasteiger partial charge in [-0.05, 0) is 31.2 Å². The largest absolute Gasteiger partial charge is 0.573 e. The molecule has 0 radical (unpaired) electrons. The number of nitrogens with one attached hydrogen (secondary N) is 1. The van der Waals surface area contributed by atoms with Crippen LogP contribution in [0.15, 0.2) is 22.7 Å². The van der Waals surface area contributed by atoms with Gasteiger partial charge in [0.05, 0.1) is 11.4 Å². The highest BCUT2D eigenvalue weighted by Gasteiger charge is 2.32. The predicted octanol–water partition coefficient (Wildman–Crippen LogP) is 2.44. The number of halogens is 4. The molecule has 0 amide bonds. The van der Waals surface area contributed by atoms with Crippen LogP contribution in [0.2, 0.25) is 0 Å². The highest BCUT2D eigenvalue weighted by molar-refractivity contribution is 9.10. The number of nitrogens with two attached hydrogens (primary N) is 1. The molecule has 1 aromatic carbocycles. The molecule has 1 aromatic rings. The summed E-state index contributed by atoms with van der Waals surface area (Å²) >= 11 is 2.98. The first-order valence-corrected chi connectivity index (χ1v) is 7.83. The van der Waals surface area contributed by atoms with E-state index in [2.05, 4.69) is 20.7 Å². The average Bonchev–Trinajstić information content (AvgIpc) is 2.28. The van der Waals surface area contributed by atoms with Crippen LogP contribution in [-0.4, -0.2) is 27.1 Å². The van der Waals surface area contributed by atoms with Crippen molar-refractivity contribution in [2.45, 2.75) is 12.8 Å². The van der Waals surface area contributed by atoms with Gasteiger partial charge in [0.1, 0.15) is 0 Å². The molecule has 0 heterocycles. The highest BCUT2D eigenvalue weighted by Crippen LogP contribution is 2.33. The standard InChI is InChI=1S/C10H12BrF3N2O3S/c11-7-2-3-8(9(6-7)19-10(12,13)14)16-20(17,18)5-1-4-15/h2-3,6,16H,1,4-5,15H2. The van der Waals surface area contributed by atoms with E-state index in [1.807, 2.05) is 4.72 Å². The Morgan fingerprint density at radius 3 is 2.55 bits per heavy atom. The Bertz CT molecular complexity index is 563. The summed E-state index contributed by atoms with van der Waals surface area (Å²) in [4.78, 5) is 0. The van der Waals surface area contributed by atoms with E-state index >= 15 is 0 Å². The van der Waals surface area contributed by atoms with Crippen LogP contribution < -0.4 is 15.2 Å². The molecule has 10 heteroatoms. The Kier molecular flexibility index (Phi) is 5.66. The minimum atomic E-state index is -4.92. The van der Waals surface area contributed by atoms with Crippen molar-refractivity contribution in [3.8, 4) is 5.75 Å². The van der Waals surface area contributed by atoms with Crippen molar-refractivity contribution in [3.05, 3.63) is 22.7 Å². The number of sulfonamides is 1. The number of rotatable bonds is 6. The zero-order chi connectivity index (χ0) is 15.4. The van der Waals surface area contributed by atoms with Gasteiger partial charge in [0.25, 0.3) is 0 Å². The number of hydrogen-bond acceptors (Lipinski definition) is 4. The molecule has 1 rings (SSSR count). The van der Waals surface area contributed by atoms with Gasteiger partial charge < -0.3 is 10.5 Å². The lowest BCUT2D eigenvalue weighted by molar-refractivity contribution is -0.274. The summed E-state index contributed by atoms with van der Waals surface area (Å²) in [7, 11) is -3.78. The van der Waals surface area contributed by atoms with Crippen LogP contribution in [0.3, 0.4) is 0 Å². The molecule has 0 unspecified atom stereocenters. The van der Waals surface area contributed by atoms with Crippen LogP contribution in [0.5, 0.6) is 5.75 Å². The normalized spacial score (nSPS) is 12.2. The summed E-state index contributed by atoms with van der Waals surface area (Å²) < 4.78 is 66.2. The summed E-state index contributed by atoms with van der Waals surface area (Å²) in [6, 6.07) is 3.59. The van der Waals surface area contributed by atoms with Crippen molar-refractivity contribution in [1.82, 2.24) is 0 Å². The lowest BCUT2D eigenvalue weighted by atomic mass is 10.3. The van der Waals surface area contributed by atoms with E-state index in [9.17, 15) is 21.6 Å². The van der Waals surface area contributed by atoms with Crippen LogP contribution in [0, 0.1) is 0 Å². The van der Waals surface area contributed by atoms with Crippen LogP contribution in [0.4, 0.5) is 18.9 Å². The molecular formula is C10H12BrF3N2O3S. The van der Waals surface area contributed by atoms with Crippen molar-refractivity contribution in [1.29, 1.82) is 0 Å². The number of anilines is 1. The zero-order valence-corrected chi connectivity index (χ0v) is 12.5. The minimum absolute atomic E-state index is 0.160. The van der Waals surface area contributed by atoms with Crippen molar-refractivity contribution < 1.29 is 26.3 Å². The van der Waals surface area contributed by atoms with Crippen molar-refractivity contribution in [2.24, 2.45) is 5.73 Å². The predicted molar refractivity (Wildman–Crippen MR) is 71.9 cm³/mol. The van der Waals surface area contributed by atoms with Crippen LogP contribution in [0.1, 0.15) is 6.42 Å². The molecule has 0 aliphatic rings. The van der Waals surface area contributed by atoms with E-state index in [-0.39, 0.29) is 24.4 Å². The van der Waals surface area contributed by atoms with E-state index in [1.54, 1.807) is 0 Å². The molecule has 114 valence electrons. The monoisotopic (exact) mass is 376 g/mol. The second kappa shape index (κ2) is 6.64. The molecule has 0 aliphatic heterocycles. The fraction of sp³-hybridized carbons (Fsp3) is 0.400. The summed E-state index contributed by atoms with van der Waals surface area (Å²) in [6.45, 7) is 0.160. The van der Waals surface area contributed by atoms with Gasteiger partial charge in [-0.15, -0.1) is 13.2 Å². The van der Waals surface area contributed by atoms with E-state index in [0.29, 0.717) is 4.47 Å². The van der Waals surface area contributed by atoms with Crippen LogP contribution in [0.25, 0.3) is 0 Å². The third-order valence-corrected chi connectivity index (χ3v) is 3.90. The third kappa shape index (κ3) is 5.97. The summed E-state index contributed by atoms with van der Waals surface area (Å²) in [5.74, 6) is -0.923. The van der Waals surface area contributed by atoms with Gasteiger partial charge in [-0.1, -0.05) is 15.9 Å². The molecule has 0 saturated heterocycles. The Labute approximate surface area is 122 Å². The Balaban J connectivity index is 3.00. The molecule has 0 saturated carbocycles. The van der Waals surface area contributed by atoms with Gasteiger partial charge in [-0.25, -0.2) is 8.42 Å². The first-order valence-electron chi connectivity index (χ1n) is 5.39. The summed E-state index contributed by atoms with van der Waals surface area (Å²) in [5.41, 5.74) is 4.90. The SMILES string of the molecule is NCCCS(=O)(=O)Nc1ccc(Br)cc1OC(F)(F)F. The molecule has 20 heavy (non-hydrogen) atoms. The highest BCUT2D eigenvalue weighted by atomic mass is 79.9. The number of hydrogen-bond donors (Lipinski definition) is 2. The summed E-state index contributed by atoms with van der Waals surface area (Å²) in [5, 5.41) is 0. The van der Waals surface area contributed by atoms with E-state index in [0.717, 1.165) is 6.07 Å². The van der Waals surface area contributed by atoms with Crippen molar-refractivity contribution >= 4 is 31.6 Å². The Morgan fingerprint density at radius 2 is 2.00 bits per heavy atom. The maximum atomic E-state index is 12.3. The minimum Gasteiger partial charge on any atom is -0.403 e. The molecule has 0 bridgehead atoms. The third-order valence-electron chi connectivity index (χ3n) is 2.05. The van der Waals surface area contributed by atoms with E-state index in [1.165, 1.54) is 12.1 Å². The molecule has 5 nitrogen and oxygen atoms in total. The van der Waals surface area contributed by atoms with Gasteiger partial charge >= 0.3 is 6.36 Å². The quantitative estimate of drug-likeness (QED) is 0.798. The van der Waals surface area contributed by atoms with E-state index in [4.69, 9.17) is 5.73 Å². The van der Waals surface area contributed by atoms with Crippen molar-refractivity contribution in [3.63, 3.8) is 0 Å². The van der Waals surface area contributed by atoms with Gasteiger partial charge in [0, 0.05) is 4.47 Å². The van der Waals surface area contributed by atoms with Gasteiger partial charge in [0.2, 0.25) is 10.0 Å². The first kappa shape index (κ1) is 17.1. The smallest absolute Gasteiger partial charge is 0.403 e. The zero-order valence-electron chi connectivity index (χ0n) is 10.1. The first-order chi connectivity index (χ1) is 9.13. The molecule has 0 fully saturated rings. The van der Waals surface area contributed by atoms with Gasteiger partial charge in [-0.3, -0.25) is 4.72 Å². The number of benzene rings is 1. The molecule has 3 N–H and O–H groups in total. The molecular weight excluding hydrogens is 365 g/mol. The molecule has 0 atom stereocenters. The second-order valence-corrected chi connectivity index (χ2v) is 6.51. The van der Waals surface area contributed by atoms with E-state index < -0.39 is 22.1 Å². The van der Waals surface area contributed by atoms with Crippen LogP contribution >= 0.6 is 15.9 Å². The Morgan fingerprint density at radius 1 is 1.35 bits per heavy atom. The van der Waals surface area contributed by atoms with Crippen molar-refractivity contribution in [2.75, 3.05) is 17.0 Å². The average molecular weight is 377 g/mol. The lowest BCUT2D eigenvalue weighted by Gasteiger charge is -2.15.